The van der Waals surface area contributed by atoms with Crippen LogP contribution in [0.2, 0.25) is 0 Å². The van der Waals surface area contributed by atoms with Gasteiger partial charge in [-0.25, -0.2) is 14.3 Å². The fraction of sp³-hybridized carbons (Fsp3) is 0.333. The van der Waals surface area contributed by atoms with Gasteiger partial charge < -0.3 is 10.2 Å². The normalized spacial score (nSPS) is 14.4. The SMILES string of the molecule is Cc1cccc(C(C)C(N)c2n[nH]c(=O)o2)c1F. The summed E-state index contributed by atoms with van der Waals surface area (Å²) in [6.45, 7) is 3.45. The fourth-order valence-corrected chi connectivity index (χ4v) is 1.81. The zero-order valence-electron chi connectivity index (χ0n) is 10.1. The summed E-state index contributed by atoms with van der Waals surface area (Å²) in [5, 5.41) is 5.80. The van der Waals surface area contributed by atoms with E-state index in [1.54, 1.807) is 32.0 Å². The van der Waals surface area contributed by atoms with Crippen LogP contribution in [0.5, 0.6) is 0 Å². The minimum atomic E-state index is -0.680. The second-order valence-corrected chi connectivity index (χ2v) is 4.24. The van der Waals surface area contributed by atoms with Crippen molar-refractivity contribution in [2.24, 2.45) is 5.73 Å². The van der Waals surface area contributed by atoms with Gasteiger partial charge in [0.25, 0.3) is 0 Å². The van der Waals surface area contributed by atoms with Gasteiger partial charge in [-0.2, -0.15) is 0 Å². The van der Waals surface area contributed by atoms with Gasteiger partial charge in [0.1, 0.15) is 5.82 Å². The van der Waals surface area contributed by atoms with Crippen LogP contribution in [0.15, 0.2) is 27.4 Å². The van der Waals surface area contributed by atoms with E-state index in [9.17, 15) is 9.18 Å². The molecule has 2 aromatic rings. The lowest BCUT2D eigenvalue weighted by Gasteiger charge is -2.18. The van der Waals surface area contributed by atoms with E-state index >= 15 is 0 Å². The summed E-state index contributed by atoms with van der Waals surface area (Å²) in [6, 6.07) is 4.43. The van der Waals surface area contributed by atoms with Crippen molar-refractivity contribution in [1.29, 1.82) is 0 Å². The molecule has 2 unspecified atom stereocenters. The van der Waals surface area contributed by atoms with Crippen molar-refractivity contribution < 1.29 is 8.81 Å². The Labute approximate surface area is 103 Å². The average molecular weight is 251 g/mol. The molecular formula is C12H14FN3O2. The number of nitrogens with one attached hydrogen (secondary N) is 1. The van der Waals surface area contributed by atoms with Crippen molar-refractivity contribution in [3.8, 4) is 0 Å². The van der Waals surface area contributed by atoms with Crippen molar-refractivity contribution in [3.63, 3.8) is 0 Å². The minimum Gasteiger partial charge on any atom is -0.391 e. The lowest BCUT2D eigenvalue weighted by atomic mass is 9.92. The average Bonchev–Trinajstić information content (AvgIpc) is 2.77. The topological polar surface area (TPSA) is 84.9 Å². The molecule has 0 radical (unpaired) electrons. The predicted molar refractivity (Wildman–Crippen MR) is 63.6 cm³/mol. The minimum absolute atomic E-state index is 0.0772. The molecule has 2 atom stereocenters. The van der Waals surface area contributed by atoms with Crippen molar-refractivity contribution in [3.05, 3.63) is 51.6 Å². The molecule has 0 fully saturated rings. The maximum Gasteiger partial charge on any atom is 0.434 e. The standard InChI is InChI=1S/C12H14FN3O2/c1-6-4-3-5-8(9(6)13)7(2)10(14)11-15-16-12(17)18-11/h3-5,7,10H,14H2,1-2H3,(H,16,17). The molecule has 0 aliphatic rings. The lowest BCUT2D eigenvalue weighted by molar-refractivity contribution is 0.397. The summed E-state index contributed by atoms with van der Waals surface area (Å²) in [6.07, 6.45) is 0. The smallest absolute Gasteiger partial charge is 0.391 e. The van der Waals surface area contributed by atoms with Gasteiger partial charge in [-0.05, 0) is 18.1 Å². The second kappa shape index (κ2) is 4.73. The van der Waals surface area contributed by atoms with Crippen molar-refractivity contribution in [2.75, 3.05) is 0 Å². The van der Waals surface area contributed by atoms with E-state index in [0.29, 0.717) is 11.1 Å². The molecule has 1 aromatic heterocycles. The first kappa shape index (κ1) is 12.5. The highest BCUT2D eigenvalue weighted by Crippen LogP contribution is 2.29. The fourth-order valence-electron chi connectivity index (χ4n) is 1.81. The first-order valence-electron chi connectivity index (χ1n) is 5.56. The van der Waals surface area contributed by atoms with Gasteiger partial charge in [0, 0.05) is 5.92 Å². The number of hydrogen-bond acceptors (Lipinski definition) is 4. The number of rotatable bonds is 3. The van der Waals surface area contributed by atoms with E-state index in [1.165, 1.54) is 0 Å². The highest BCUT2D eigenvalue weighted by Gasteiger charge is 2.24. The molecule has 18 heavy (non-hydrogen) atoms. The van der Waals surface area contributed by atoms with Gasteiger partial charge in [0.15, 0.2) is 0 Å². The molecule has 1 aromatic carbocycles. The molecule has 6 heteroatoms. The van der Waals surface area contributed by atoms with Crippen molar-refractivity contribution >= 4 is 0 Å². The van der Waals surface area contributed by atoms with E-state index in [1.807, 2.05) is 0 Å². The lowest BCUT2D eigenvalue weighted by Crippen LogP contribution is -2.19. The van der Waals surface area contributed by atoms with E-state index in [4.69, 9.17) is 10.2 Å². The third kappa shape index (κ3) is 2.19. The van der Waals surface area contributed by atoms with Gasteiger partial charge in [-0.3, -0.25) is 0 Å². The quantitative estimate of drug-likeness (QED) is 0.867. The monoisotopic (exact) mass is 251 g/mol. The maximum absolute atomic E-state index is 14.0. The first-order valence-corrected chi connectivity index (χ1v) is 5.56. The molecule has 0 saturated carbocycles. The Morgan fingerprint density at radius 3 is 2.83 bits per heavy atom. The third-order valence-electron chi connectivity index (χ3n) is 2.99. The molecule has 0 amide bonds. The summed E-state index contributed by atoms with van der Waals surface area (Å²) < 4.78 is 18.7. The zero-order chi connectivity index (χ0) is 13.3. The van der Waals surface area contributed by atoms with E-state index in [2.05, 4.69) is 10.2 Å². The Bertz CT molecular complexity index is 605. The Morgan fingerprint density at radius 1 is 1.50 bits per heavy atom. The van der Waals surface area contributed by atoms with Crippen LogP contribution in [0.1, 0.15) is 35.9 Å². The van der Waals surface area contributed by atoms with Crippen molar-refractivity contribution in [2.45, 2.75) is 25.8 Å². The number of benzene rings is 1. The van der Waals surface area contributed by atoms with Crippen LogP contribution in [0.3, 0.4) is 0 Å². The number of aromatic amines is 1. The number of halogens is 1. The Balaban J connectivity index is 2.33. The summed E-state index contributed by atoms with van der Waals surface area (Å²) in [7, 11) is 0. The Hall–Kier alpha value is -1.95. The summed E-state index contributed by atoms with van der Waals surface area (Å²) >= 11 is 0. The van der Waals surface area contributed by atoms with Crippen LogP contribution in [0, 0.1) is 12.7 Å². The molecule has 0 bridgehead atoms. The highest BCUT2D eigenvalue weighted by atomic mass is 19.1. The first-order chi connectivity index (χ1) is 8.50. The van der Waals surface area contributed by atoms with Crippen molar-refractivity contribution in [1.82, 2.24) is 10.2 Å². The Morgan fingerprint density at radius 2 is 2.22 bits per heavy atom. The van der Waals surface area contributed by atoms with Crippen LogP contribution in [0.25, 0.3) is 0 Å². The Kier molecular flexibility index (Phi) is 3.29. The van der Waals surface area contributed by atoms with Gasteiger partial charge in [0.05, 0.1) is 6.04 Å². The van der Waals surface area contributed by atoms with Gasteiger partial charge in [0.2, 0.25) is 5.89 Å². The molecule has 0 aliphatic carbocycles. The molecule has 0 spiro atoms. The molecule has 5 nitrogen and oxygen atoms in total. The number of nitrogens with two attached hydrogens (primary N) is 1. The molecule has 0 saturated heterocycles. The van der Waals surface area contributed by atoms with Gasteiger partial charge in [-0.1, -0.05) is 25.1 Å². The van der Waals surface area contributed by atoms with Crippen LogP contribution in [0.4, 0.5) is 4.39 Å². The highest BCUT2D eigenvalue weighted by molar-refractivity contribution is 5.29. The van der Waals surface area contributed by atoms with Crippen LogP contribution < -0.4 is 11.5 Å². The van der Waals surface area contributed by atoms with Crippen LogP contribution in [-0.2, 0) is 0 Å². The molecule has 3 N–H and O–H groups in total. The number of nitrogens with zero attached hydrogens (tertiary/aromatic N) is 1. The zero-order valence-corrected chi connectivity index (χ0v) is 10.1. The molecule has 96 valence electrons. The largest absolute Gasteiger partial charge is 0.434 e. The molecular weight excluding hydrogens is 237 g/mol. The number of H-pyrrole nitrogens is 1. The van der Waals surface area contributed by atoms with Gasteiger partial charge >= 0.3 is 5.76 Å². The molecule has 1 heterocycles. The number of aromatic nitrogens is 2. The summed E-state index contributed by atoms with van der Waals surface area (Å²) in [5.41, 5.74) is 6.95. The molecule has 2 rings (SSSR count). The van der Waals surface area contributed by atoms with E-state index in [0.717, 1.165) is 0 Å². The summed E-state index contributed by atoms with van der Waals surface area (Å²) in [4.78, 5) is 10.9. The number of hydrogen-bond donors (Lipinski definition) is 2. The maximum atomic E-state index is 14.0. The van der Waals surface area contributed by atoms with E-state index < -0.39 is 11.8 Å². The van der Waals surface area contributed by atoms with E-state index in [-0.39, 0.29) is 17.6 Å². The third-order valence-corrected chi connectivity index (χ3v) is 2.99. The number of aryl methyl sites for hydroxylation is 1. The van der Waals surface area contributed by atoms with Gasteiger partial charge in [-0.15, -0.1) is 5.10 Å². The molecule has 0 aliphatic heterocycles. The second-order valence-electron chi connectivity index (χ2n) is 4.24. The predicted octanol–water partition coefficient (Wildman–Crippen LogP) is 1.61. The van der Waals surface area contributed by atoms with Crippen LogP contribution >= 0.6 is 0 Å². The summed E-state index contributed by atoms with van der Waals surface area (Å²) in [5.74, 6) is -1.24. The van der Waals surface area contributed by atoms with Crippen LogP contribution in [-0.4, -0.2) is 10.2 Å².